The Morgan fingerprint density at radius 3 is 2.62 bits per heavy atom. The average Bonchev–Trinajstić information content (AvgIpc) is 3.32. The molecule has 2 heterocycles. The Morgan fingerprint density at radius 1 is 1.03 bits per heavy atom. The lowest BCUT2D eigenvalue weighted by Crippen LogP contribution is -2.29. The zero-order valence-corrected chi connectivity index (χ0v) is 18.1. The predicted molar refractivity (Wildman–Crippen MR) is 125 cm³/mol. The van der Waals surface area contributed by atoms with Gasteiger partial charge in [-0.05, 0) is 43.7 Å². The maximum absolute atomic E-state index is 13.1. The van der Waals surface area contributed by atoms with Crippen molar-refractivity contribution in [3.63, 3.8) is 0 Å². The molecule has 32 heavy (non-hydrogen) atoms. The van der Waals surface area contributed by atoms with E-state index in [1.165, 1.54) is 0 Å². The van der Waals surface area contributed by atoms with E-state index in [9.17, 15) is 4.79 Å². The van der Waals surface area contributed by atoms with Crippen LogP contribution in [0, 0.1) is 0 Å². The van der Waals surface area contributed by atoms with Crippen LogP contribution in [0.15, 0.2) is 83.5 Å². The third-order valence-corrected chi connectivity index (χ3v) is 5.26. The molecule has 1 unspecified atom stereocenters. The lowest BCUT2D eigenvalue weighted by molar-refractivity contribution is 0.0927. The Hall–Kier alpha value is -3.48. The van der Waals surface area contributed by atoms with Gasteiger partial charge in [-0.1, -0.05) is 54.1 Å². The van der Waals surface area contributed by atoms with Gasteiger partial charge in [0.2, 0.25) is 5.89 Å². The molecule has 0 radical (unpaired) electrons. The zero-order valence-electron chi connectivity index (χ0n) is 17.4. The summed E-state index contributed by atoms with van der Waals surface area (Å²) in [6, 6.07) is 20.1. The lowest BCUT2D eigenvalue weighted by Gasteiger charge is -2.16. The molecule has 3 N–H and O–H groups in total. The van der Waals surface area contributed by atoms with Crippen LogP contribution in [-0.4, -0.2) is 22.4 Å². The highest BCUT2D eigenvalue weighted by Gasteiger charge is 2.21. The van der Waals surface area contributed by atoms with Gasteiger partial charge >= 0.3 is 0 Å². The maximum atomic E-state index is 13.1. The molecule has 162 valence electrons. The number of nitrogens with two attached hydrogens (primary N) is 1. The summed E-state index contributed by atoms with van der Waals surface area (Å²) >= 11 is 6.08. The van der Waals surface area contributed by atoms with Gasteiger partial charge in [0.15, 0.2) is 5.76 Å². The molecule has 6 nitrogen and oxygen atoms in total. The highest BCUT2D eigenvalue weighted by Crippen LogP contribution is 2.26. The monoisotopic (exact) mass is 446 g/mol. The highest BCUT2D eigenvalue weighted by molar-refractivity contribution is 6.30. The summed E-state index contributed by atoms with van der Waals surface area (Å²) in [5, 5.41) is 3.63. The number of benzene rings is 2. The van der Waals surface area contributed by atoms with Crippen molar-refractivity contribution in [2.45, 2.75) is 18.9 Å². The molecule has 4 rings (SSSR count). The number of carbonyl (C=O) groups is 1. The van der Waals surface area contributed by atoms with Crippen molar-refractivity contribution in [2.24, 2.45) is 5.73 Å². The van der Waals surface area contributed by atoms with Crippen molar-refractivity contribution in [3.05, 3.63) is 95.6 Å². The number of nitrogens with zero attached hydrogens (tertiary/aromatic N) is 2. The van der Waals surface area contributed by atoms with Crippen LogP contribution in [0.2, 0.25) is 5.02 Å². The van der Waals surface area contributed by atoms with Crippen molar-refractivity contribution in [1.82, 2.24) is 15.3 Å². The first-order valence-electron chi connectivity index (χ1n) is 10.4. The molecule has 2 aromatic carbocycles. The van der Waals surface area contributed by atoms with E-state index < -0.39 is 6.04 Å². The number of nitrogens with one attached hydrogen (secondary N) is 1. The quantitative estimate of drug-likeness (QED) is 0.384. The third kappa shape index (κ3) is 5.22. The fourth-order valence-electron chi connectivity index (χ4n) is 3.39. The Labute approximate surface area is 191 Å². The number of hydrogen-bond acceptors (Lipinski definition) is 5. The van der Waals surface area contributed by atoms with Gasteiger partial charge in [-0.3, -0.25) is 9.78 Å². The minimum Gasteiger partial charge on any atom is -0.438 e. The smallest absolute Gasteiger partial charge is 0.251 e. The summed E-state index contributed by atoms with van der Waals surface area (Å²) in [6.07, 6.45) is 4.66. The Bertz CT molecular complexity index is 1190. The summed E-state index contributed by atoms with van der Waals surface area (Å²) in [5.74, 6) is 0.885. The van der Waals surface area contributed by atoms with Crippen LogP contribution in [0.5, 0.6) is 0 Å². The first-order chi connectivity index (χ1) is 15.6. The summed E-state index contributed by atoms with van der Waals surface area (Å²) in [5.41, 5.74) is 8.65. The van der Waals surface area contributed by atoms with E-state index in [1.54, 1.807) is 36.7 Å². The van der Waals surface area contributed by atoms with Gasteiger partial charge in [-0.15, -0.1) is 0 Å². The molecule has 0 aliphatic rings. The topological polar surface area (TPSA) is 94.0 Å². The summed E-state index contributed by atoms with van der Waals surface area (Å²) in [6.45, 7) is 0.508. The number of rotatable bonds is 8. The van der Waals surface area contributed by atoms with Crippen molar-refractivity contribution in [1.29, 1.82) is 0 Å². The molecule has 1 atom stereocenters. The molecule has 4 aromatic rings. The fraction of sp³-hybridized carbons (Fsp3) is 0.160. The van der Waals surface area contributed by atoms with Crippen LogP contribution in [-0.2, 0) is 0 Å². The van der Waals surface area contributed by atoms with E-state index in [1.807, 2.05) is 42.5 Å². The molecule has 0 fully saturated rings. The van der Waals surface area contributed by atoms with Gasteiger partial charge < -0.3 is 15.5 Å². The molecular weight excluding hydrogens is 424 g/mol. The molecule has 1 amide bonds. The number of pyridine rings is 1. The van der Waals surface area contributed by atoms with Crippen LogP contribution in [0.4, 0.5) is 0 Å². The molecular formula is C25H23ClN4O2. The van der Waals surface area contributed by atoms with E-state index in [-0.39, 0.29) is 5.91 Å². The van der Waals surface area contributed by atoms with E-state index in [0.29, 0.717) is 40.9 Å². The van der Waals surface area contributed by atoms with E-state index in [2.05, 4.69) is 15.3 Å². The van der Waals surface area contributed by atoms with Crippen LogP contribution in [0.25, 0.3) is 22.6 Å². The Balaban J connectivity index is 1.55. The van der Waals surface area contributed by atoms with E-state index in [0.717, 1.165) is 17.5 Å². The largest absolute Gasteiger partial charge is 0.438 e. The van der Waals surface area contributed by atoms with Crippen molar-refractivity contribution < 1.29 is 9.21 Å². The lowest BCUT2D eigenvalue weighted by atomic mass is 10.1. The fourth-order valence-corrected chi connectivity index (χ4v) is 3.55. The summed E-state index contributed by atoms with van der Waals surface area (Å²) in [7, 11) is 0. The number of amides is 1. The van der Waals surface area contributed by atoms with Gasteiger partial charge in [-0.2, -0.15) is 0 Å². The molecule has 0 aliphatic heterocycles. The molecule has 0 bridgehead atoms. The Morgan fingerprint density at radius 2 is 1.84 bits per heavy atom. The molecule has 0 saturated carbocycles. The van der Waals surface area contributed by atoms with Crippen LogP contribution >= 0.6 is 11.6 Å². The van der Waals surface area contributed by atoms with E-state index >= 15 is 0 Å². The van der Waals surface area contributed by atoms with Crippen molar-refractivity contribution in [3.8, 4) is 22.6 Å². The van der Waals surface area contributed by atoms with Crippen molar-refractivity contribution >= 4 is 17.5 Å². The van der Waals surface area contributed by atoms with Gasteiger partial charge in [0.1, 0.15) is 6.04 Å². The summed E-state index contributed by atoms with van der Waals surface area (Å²) < 4.78 is 5.98. The predicted octanol–water partition coefficient (Wildman–Crippen LogP) is 5.27. The molecule has 7 heteroatoms. The highest BCUT2D eigenvalue weighted by atomic mass is 35.5. The SMILES string of the molecule is NCCCC(NC(=O)c1cccc(-c2cc(Cl)ccn2)c1)c1ncc(-c2ccccc2)o1. The maximum Gasteiger partial charge on any atom is 0.251 e. The van der Waals surface area contributed by atoms with Crippen LogP contribution in [0.3, 0.4) is 0 Å². The van der Waals surface area contributed by atoms with Gasteiger partial charge in [-0.25, -0.2) is 4.98 Å². The molecule has 2 aromatic heterocycles. The van der Waals surface area contributed by atoms with Crippen LogP contribution in [0.1, 0.15) is 35.1 Å². The minimum absolute atomic E-state index is 0.227. The number of hydrogen-bond donors (Lipinski definition) is 2. The number of aromatic nitrogens is 2. The van der Waals surface area contributed by atoms with Crippen molar-refractivity contribution in [2.75, 3.05) is 6.54 Å². The second kappa shape index (κ2) is 10.2. The minimum atomic E-state index is -0.392. The number of oxazole rings is 1. The number of halogens is 1. The van der Waals surface area contributed by atoms with E-state index in [4.69, 9.17) is 21.8 Å². The van der Waals surface area contributed by atoms with Crippen LogP contribution < -0.4 is 11.1 Å². The average molecular weight is 447 g/mol. The van der Waals surface area contributed by atoms with Gasteiger partial charge in [0.25, 0.3) is 5.91 Å². The standard InChI is InChI=1S/C25H23ClN4O2/c26-20-11-13-28-22(15-20)18-8-4-9-19(14-18)24(31)30-21(10-5-12-27)25-29-16-23(32-25)17-6-2-1-3-7-17/h1-4,6-9,11,13-16,21H,5,10,12,27H2,(H,30,31). The number of carbonyl (C=O) groups excluding carboxylic acids is 1. The van der Waals surface area contributed by atoms with Gasteiger partial charge in [0, 0.05) is 27.9 Å². The molecule has 0 saturated heterocycles. The third-order valence-electron chi connectivity index (χ3n) is 5.02. The Kier molecular flexibility index (Phi) is 6.94. The second-order valence-corrected chi connectivity index (χ2v) is 7.76. The normalized spacial score (nSPS) is 11.8. The summed E-state index contributed by atoms with van der Waals surface area (Å²) in [4.78, 5) is 21.8. The first kappa shape index (κ1) is 21.7. The van der Waals surface area contributed by atoms with Gasteiger partial charge in [0.05, 0.1) is 11.9 Å². The molecule has 0 aliphatic carbocycles. The first-order valence-corrected chi connectivity index (χ1v) is 10.8. The second-order valence-electron chi connectivity index (χ2n) is 7.33. The zero-order chi connectivity index (χ0) is 22.3. The molecule has 0 spiro atoms.